The van der Waals surface area contributed by atoms with Crippen molar-refractivity contribution >= 4 is 17.3 Å². The Bertz CT molecular complexity index is 950. The largest absolute Gasteiger partial charge is 0.359 e. The van der Waals surface area contributed by atoms with Crippen molar-refractivity contribution in [3.63, 3.8) is 0 Å². The first-order chi connectivity index (χ1) is 11.9. The van der Waals surface area contributed by atoms with Gasteiger partial charge in [-0.2, -0.15) is 5.10 Å². The molecule has 128 valence electrons. The van der Waals surface area contributed by atoms with Gasteiger partial charge < -0.3 is 5.32 Å². The Morgan fingerprint density at radius 3 is 2.68 bits per heavy atom. The Labute approximate surface area is 153 Å². The average Bonchev–Trinajstić information content (AvgIpc) is 3.02. The zero-order valence-corrected chi connectivity index (χ0v) is 15.7. The summed E-state index contributed by atoms with van der Waals surface area (Å²) >= 11 is 6.23. The van der Waals surface area contributed by atoms with Gasteiger partial charge in [-0.25, -0.2) is 4.68 Å². The standard InChI is InChI=1S/C21H22ClN3/c1-13-15(6-5-7-17(13)21(2,3)4)20-24-18-12-14(22)8-9-16(18)19-10-11-23-25(19)20/h5-12,20,24H,1-4H3/t20-/m0/s1. The molecule has 0 bridgehead atoms. The Balaban J connectivity index is 1.89. The number of fused-ring (bicyclic) bond motifs is 3. The van der Waals surface area contributed by atoms with Crippen LogP contribution in [-0.4, -0.2) is 9.78 Å². The van der Waals surface area contributed by atoms with E-state index in [0.717, 1.165) is 22.0 Å². The molecule has 1 aliphatic rings. The minimum Gasteiger partial charge on any atom is -0.359 e. The lowest BCUT2D eigenvalue weighted by Gasteiger charge is -2.32. The topological polar surface area (TPSA) is 29.9 Å². The molecule has 3 nitrogen and oxygen atoms in total. The molecule has 2 aromatic carbocycles. The first kappa shape index (κ1) is 16.2. The molecule has 0 aliphatic carbocycles. The number of nitrogens with zero attached hydrogens (tertiary/aromatic N) is 2. The molecule has 25 heavy (non-hydrogen) atoms. The van der Waals surface area contributed by atoms with Crippen LogP contribution in [0.5, 0.6) is 0 Å². The van der Waals surface area contributed by atoms with E-state index in [2.05, 4.69) is 67.1 Å². The molecule has 0 fully saturated rings. The lowest BCUT2D eigenvalue weighted by atomic mass is 9.82. The van der Waals surface area contributed by atoms with Gasteiger partial charge in [-0.1, -0.05) is 50.6 Å². The summed E-state index contributed by atoms with van der Waals surface area (Å²) in [5.41, 5.74) is 7.28. The van der Waals surface area contributed by atoms with Crippen molar-refractivity contribution in [3.05, 3.63) is 70.4 Å². The molecule has 0 spiro atoms. The summed E-state index contributed by atoms with van der Waals surface area (Å²) < 4.78 is 2.06. The van der Waals surface area contributed by atoms with Gasteiger partial charge in [-0.15, -0.1) is 0 Å². The molecule has 1 atom stereocenters. The predicted molar refractivity (Wildman–Crippen MR) is 104 cm³/mol. The minimum absolute atomic E-state index is 0.0433. The van der Waals surface area contributed by atoms with Crippen LogP contribution in [-0.2, 0) is 5.41 Å². The minimum atomic E-state index is -0.0433. The smallest absolute Gasteiger partial charge is 0.147 e. The monoisotopic (exact) mass is 351 g/mol. The van der Waals surface area contributed by atoms with Gasteiger partial charge in [-0.05, 0) is 53.3 Å². The maximum absolute atomic E-state index is 6.23. The van der Waals surface area contributed by atoms with Gasteiger partial charge in [0.05, 0.1) is 5.69 Å². The highest BCUT2D eigenvalue weighted by Gasteiger charge is 2.28. The molecular weight excluding hydrogens is 330 g/mol. The molecule has 4 rings (SSSR count). The van der Waals surface area contributed by atoms with Gasteiger partial charge in [0.15, 0.2) is 0 Å². The third-order valence-electron chi connectivity index (χ3n) is 4.94. The van der Waals surface area contributed by atoms with Crippen molar-refractivity contribution in [1.29, 1.82) is 0 Å². The Morgan fingerprint density at radius 2 is 1.92 bits per heavy atom. The summed E-state index contributed by atoms with van der Waals surface area (Å²) in [6, 6.07) is 14.6. The average molecular weight is 352 g/mol. The van der Waals surface area contributed by atoms with E-state index in [9.17, 15) is 0 Å². The second kappa shape index (κ2) is 5.63. The molecule has 0 unspecified atom stereocenters. The number of nitrogens with one attached hydrogen (secondary N) is 1. The van der Waals surface area contributed by atoms with E-state index in [1.54, 1.807) is 0 Å². The fourth-order valence-corrected chi connectivity index (χ4v) is 3.94. The van der Waals surface area contributed by atoms with E-state index >= 15 is 0 Å². The van der Waals surface area contributed by atoms with Gasteiger partial charge in [0, 0.05) is 22.5 Å². The van der Waals surface area contributed by atoms with Gasteiger partial charge in [0.1, 0.15) is 6.17 Å². The van der Waals surface area contributed by atoms with Crippen LogP contribution in [0.3, 0.4) is 0 Å². The number of halogens is 1. The second-order valence-electron chi connectivity index (χ2n) is 7.67. The Kier molecular flexibility index (Phi) is 3.66. The molecule has 2 heterocycles. The van der Waals surface area contributed by atoms with E-state index in [1.165, 1.54) is 16.7 Å². The van der Waals surface area contributed by atoms with Crippen LogP contribution in [0.4, 0.5) is 5.69 Å². The first-order valence-corrected chi connectivity index (χ1v) is 8.94. The molecule has 0 saturated carbocycles. The number of rotatable bonds is 1. The summed E-state index contributed by atoms with van der Waals surface area (Å²) in [7, 11) is 0. The highest BCUT2D eigenvalue weighted by molar-refractivity contribution is 6.31. The normalized spacial score (nSPS) is 16.1. The van der Waals surface area contributed by atoms with E-state index in [-0.39, 0.29) is 11.6 Å². The third-order valence-corrected chi connectivity index (χ3v) is 5.18. The number of hydrogen-bond donors (Lipinski definition) is 1. The molecule has 1 aliphatic heterocycles. The molecular formula is C21H22ClN3. The SMILES string of the molecule is Cc1c([C@H]2Nc3cc(Cl)ccc3-c3ccnn32)cccc1C(C)(C)C. The lowest BCUT2D eigenvalue weighted by Crippen LogP contribution is -2.27. The van der Waals surface area contributed by atoms with Gasteiger partial charge in [0.2, 0.25) is 0 Å². The fraction of sp³-hybridized carbons (Fsp3) is 0.286. The Morgan fingerprint density at radius 1 is 1.12 bits per heavy atom. The van der Waals surface area contributed by atoms with E-state index in [1.807, 2.05) is 24.4 Å². The summed E-state index contributed by atoms with van der Waals surface area (Å²) in [6.45, 7) is 8.96. The zero-order valence-electron chi connectivity index (χ0n) is 15.0. The third kappa shape index (κ3) is 2.63. The van der Waals surface area contributed by atoms with Gasteiger partial charge in [-0.3, -0.25) is 0 Å². The van der Waals surface area contributed by atoms with Crippen LogP contribution in [0.25, 0.3) is 11.3 Å². The van der Waals surface area contributed by atoms with Gasteiger partial charge in [0.25, 0.3) is 0 Å². The van der Waals surface area contributed by atoms with Crippen LogP contribution in [0, 0.1) is 6.92 Å². The Hall–Kier alpha value is -2.26. The number of aromatic nitrogens is 2. The van der Waals surface area contributed by atoms with Crippen LogP contribution < -0.4 is 5.32 Å². The van der Waals surface area contributed by atoms with Crippen molar-refractivity contribution in [2.24, 2.45) is 0 Å². The molecule has 0 radical (unpaired) electrons. The van der Waals surface area contributed by atoms with Crippen molar-refractivity contribution in [2.75, 3.05) is 5.32 Å². The van der Waals surface area contributed by atoms with Crippen LogP contribution in [0.2, 0.25) is 5.02 Å². The molecule has 3 aromatic rings. The maximum atomic E-state index is 6.23. The number of anilines is 1. The van der Waals surface area contributed by atoms with E-state index in [4.69, 9.17) is 11.6 Å². The molecule has 4 heteroatoms. The summed E-state index contributed by atoms with van der Waals surface area (Å²) in [4.78, 5) is 0. The second-order valence-corrected chi connectivity index (χ2v) is 8.10. The highest BCUT2D eigenvalue weighted by Crippen LogP contribution is 2.40. The van der Waals surface area contributed by atoms with Crippen molar-refractivity contribution in [3.8, 4) is 11.3 Å². The van der Waals surface area contributed by atoms with E-state index < -0.39 is 0 Å². The lowest BCUT2D eigenvalue weighted by molar-refractivity contribution is 0.558. The summed E-state index contributed by atoms with van der Waals surface area (Å²) in [5, 5.41) is 8.96. The molecule has 0 amide bonds. The quantitative estimate of drug-likeness (QED) is 0.602. The first-order valence-electron chi connectivity index (χ1n) is 8.56. The van der Waals surface area contributed by atoms with Crippen LogP contribution >= 0.6 is 11.6 Å². The predicted octanol–water partition coefficient (Wildman–Crippen LogP) is 5.78. The summed E-state index contributed by atoms with van der Waals surface area (Å²) in [5.74, 6) is 0. The molecule has 1 N–H and O–H groups in total. The highest BCUT2D eigenvalue weighted by atomic mass is 35.5. The number of hydrogen-bond acceptors (Lipinski definition) is 2. The van der Waals surface area contributed by atoms with Crippen LogP contribution in [0.1, 0.15) is 43.6 Å². The van der Waals surface area contributed by atoms with E-state index in [0.29, 0.717) is 0 Å². The van der Waals surface area contributed by atoms with Crippen molar-refractivity contribution in [2.45, 2.75) is 39.3 Å². The molecule has 1 aromatic heterocycles. The number of benzene rings is 2. The van der Waals surface area contributed by atoms with Gasteiger partial charge >= 0.3 is 0 Å². The maximum Gasteiger partial charge on any atom is 0.147 e. The van der Waals surface area contributed by atoms with Crippen LogP contribution in [0.15, 0.2) is 48.7 Å². The summed E-state index contributed by atoms with van der Waals surface area (Å²) in [6.07, 6.45) is 1.81. The fourth-order valence-electron chi connectivity index (χ4n) is 3.77. The van der Waals surface area contributed by atoms with Crippen molar-refractivity contribution in [1.82, 2.24) is 9.78 Å². The van der Waals surface area contributed by atoms with Crippen molar-refractivity contribution < 1.29 is 0 Å². The zero-order chi connectivity index (χ0) is 17.8. The molecule has 0 saturated heterocycles.